The summed E-state index contributed by atoms with van der Waals surface area (Å²) in [6.45, 7) is 4.00. The first-order valence-corrected chi connectivity index (χ1v) is 10.8. The maximum atomic E-state index is 12.2. The van der Waals surface area contributed by atoms with Crippen molar-refractivity contribution in [3.05, 3.63) is 53.9 Å². The van der Waals surface area contributed by atoms with Gasteiger partial charge in [-0.15, -0.1) is 0 Å². The molecule has 3 aromatic rings. The minimum Gasteiger partial charge on any atom is -0.493 e. The molecule has 0 saturated heterocycles. The number of carbonyl (C=O) groups is 1. The zero-order valence-corrected chi connectivity index (χ0v) is 19.6. The number of anilines is 2. The summed E-state index contributed by atoms with van der Waals surface area (Å²) in [5.74, 6) is 3.12. The number of benzene rings is 2. The maximum absolute atomic E-state index is 12.2. The van der Waals surface area contributed by atoms with Gasteiger partial charge in [-0.05, 0) is 18.9 Å². The third-order valence-corrected chi connectivity index (χ3v) is 5.03. The van der Waals surface area contributed by atoms with E-state index < -0.39 is 0 Å². The first-order chi connectivity index (χ1) is 16.1. The Morgan fingerprint density at radius 2 is 1.64 bits per heavy atom. The third kappa shape index (κ3) is 5.34. The van der Waals surface area contributed by atoms with E-state index in [-0.39, 0.29) is 5.78 Å². The van der Waals surface area contributed by atoms with Crippen LogP contribution in [0.15, 0.2) is 42.7 Å². The highest BCUT2D eigenvalue weighted by Crippen LogP contribution is 2.40. The lowest BCUT2D eigenvalue weighted by Crippen LogP contribution is -2.11. The molecule has 8 nitrogen and oxygen atoms in total. The summed E-state index contributed by atoms with van der Waals surface area (Å²) in [4.78, 5) is 20.9. The van der Waals surface area contributed by atoms with Crippen LogP contribution in [-0.2, 0) is 6.42 Å². The Labute approximate surface area is 193 Å². The molecule has 0 spiro atoms. The monoisotopic (exact) mass is 451 g/mol. The van der Waals surface area contributed by atoms with Crippen LogP contribution in [0.25, 0.3) is 0 Å². The van der Waals surface area contributed by atoms with Crippen molar-refractivity contribution in [2.24, 2.45) is 0 Å². The van der Waals surface area contributed by atoms with Gasteiger partial charge in [-0.1, -0.05) is 26.0 Å². The number of hydrogen-bond donors (Lipinski definition) is 1. The van der Waals surface area contributed by atoms with E-state index in [4.69, 9.17) is 18.9 Å². The molecule has 1 aliphatic carbocycles. The van der Waals surface area contributed by atoms with Gasteiger partial charge in [0.15, 0.2) is 23.1 Å². The van der Waals surface area contributed by atoms with Crippen LogP contribution < -0.4 is 24.3 Å². The predicted molar refractivity (Wildman–Crippen MR) is 127 cm³/mol. The maximum Gasteiger partial charge on any atom is 0.239 e. The van der Waals surface area contributed by atoms with Crippen molar-refractivity contribution >= 4 is 17.3 Å². The van der Waals surface area contributed by atoms with E-state index >= 15 is 0 Å². The highest BCUT2D eigenvalue weighted by molar-refractivity contribution is 5.99. The molecular weight excluding hydrogens is 422 g/mol. The van der Waals surface area contributed by atoms with E-state index in [0.717, 1.165) is 24.0 Å². The number of nitrogens with one attached hydrogen (secondary N) is 1. The lowest BCUT2D eigenvalue weighted by atomic mass is 9.90. The van der Waals surface area contributed by atoms with Crippen molar-refractivity contribution in [3.8, 4) is 28.9 Å². The molecule has 0 radical (unpaired) electrons. The minimum absolute atomic E-state index is 0.149. The molecule has 1 N–H and O–H groups in total. The van der Waals surface area contributed by atoms with Gasteiger partial charge in [0, 0.05) is 35.4 Å². The molecule has 1 aromatic heterocycles. The molecule has 33 heavy (non-hydrogen) atoms. The van der Waals surface area contributed by atoms with Gasteiger partial charge in [0.25, 0.3) is 0 Å². The number of ether oxygens (including phenoxy) is 4. The molecule has 1 heterocycles. The fourth-order valence-electron chi connectivity index (χ4n) is 3.61. The van der Waals surface area contributed by atoms with Crippen molar-refractivity contribution in [1.82, 2.24) is 9.97 Å². The number of Topliss-reactive ketones (excluding diaryl/α,β-unsaturated/α-hetero) is 1. The summed E-state index contributed by atoms with van der Waals surface area (Å²) in [6.07, 6.45) is 5.31. The number of nitrogens with zero attached hydrogens (tertiary/aromatic N) is 2. The Bertz CT molecular complexity index is 1090. The van der Waals surface area contributed by atoms with E-state index in [0.29, 0.717) is 46.8 Å². The number of methoxy groups -OCH3 is 3. The SMILES string of the molecule is CC.COc1cc(Nc2cncc(Oc3cccc4c3CCCC4=O)n2)cc(OC)c1OC. The number of ketones is 1. The van der Waals surface area contributed by atoms with Gasteiger partial charge in [0.1, 0.15) is 5.75 Å². The second-order valence-corrected chi connectivity index (χ2v) is 6.94. The standard InChI is InChI=1S/C23H23N3O5.C2H6/c1-28-19-10-14(11-20(29-2)23(19)30-3)25-21-12-24-13-22(26-21)31-18-9-5-6-15-16(18)7-4-8-17(15)27;1-2/h5-6,9-13H,4,7-8H2,1-3H3,(H,25,26);1-2H3. The normalized spacial score (nSPS) is 12.1. The zero-order chi connectivity index (χ0) is 23.8. The molecule has 0 amide bonds. The van der Waals surface area contributed by atoms with Crippen molar-refractivity contribution in [3.63, 3.8) is 0 Å². The summed E-state index contributed by atoms with van der Waals surface area (Å²) in [5.41, 5.74) is 2.33. The molecule has 0 fully saturated rings. The van der Waals surface area contributed by atoms with Crippen LogP contribution in [0.2, 0.25) is 0 Å². The van der Waals surface area contributed by atoms with Crippen molar-refractivity contribution in [1.29, 1.82) is 0 Å². The van der Waals surface area contributed by atoms with Gasteiger partial charge in [-0.2, -0.15) is 4.98 Å². The van der Waals surface area contributed by atoms with Gasteiger partial charge in [0.2, 0.25) is 11.6 Å². The second kappa shape index (κ2) is 11.2. The number of fused-ring (bicyclic) bond motifs is 1. The van der Waals surface area contributed by atoms with Crippen molar-refractivity contribution < 1.29 is 23.7 Å². The summed E-state index contributed by atoms with van der Waals surface area (Å²) in [5, 5.41) is 3.18. The van der Waals surface area contributed by atoms with Crippen molar-refractivity contribution in [2.45, 2.75) is 33.1 Å². The molecule has 0 unspecified atom stereocenters. The van der Waals surface area contributed by atoms with Crippen LogP contribution in [-0.4, -0.2) is 37.1 Å². The zero-order valence-electron chi connectivity index (χ0n) is 19.6. The molecule has 0 bridgehead atoms. The van der Waals surface area contributed by atoms with Gasteiger partial charge in [0.05, 0.1) is 33.7 Å². The molecule has 0 aliphatic heterocycles. The highest BCUT2D eigenvalue weighted by Gasteiger charge is 2.21. The lowest BCUT2D eigenvalue weighted by Gasteiger charge is -2.18. The average Bonchev–Trinajstić information content (AvgIpc) is 2.85. The lowest BCUT2D eigenvalue weighted by molar-refractivity contribution is 0.0971. The highest BCUT2D eigenvalue weighted by atomic mass is 16.5. The number of carbonyl (C=O) groups excluding carboxylic acids is 1. The summed E-state index contributed by atoms with van der Waals surface area (Å²) in [6, 6.07) is 9.06. The van der Waals surface area contributed by atoms with Crippen LogP contribution in [0.5, 0.6) is 28.9 Å². The van der Waals surface area contributed by atoms with Crippen LogP contribution in [0.1, 0.15) is 42.6 Å². The second-order valence-electron chi connectivity index (χ2n) is 6.94. The van der Waals surface area contributed by atoms with Crippen LogP contribution in [0, 0.1) is 0 Å². The Hall–Kier alpha value is -3.81. The van der Waals surface area contributed by atoms with Crippen LogP contribution in [0.4, 0.5) is 11.5 Å². The topological polar surface area (TPSA) is 91.8 Å². The van der Waals surface area contributed by atoms with Gasteiger partial charge >= 0.3 is 0 Å². The summed E-state index contributed by atoms with van der Waals surface area (Å²) >= 11 is 0. The fraction of sp³-hybridized carbons (Fsp3) is 0.320. The molecule has 4 rings (SSSR count). The third-order valence-electron chi connectivity index (χ3n) is 5.03. The summed E-state index contributed by atoms with van der Waals surface area (Å²) in [7, 11) is 4.66. The Kier molecular flexibility index (Phi) is 8.07. The predicted octanol–water partition coefficient (Wildman–Crippen LogP) is 5.58. The average molecular weight is 452 g/mol. The minimum atomic E-state index is 0.149. The van der Waals surface area contributed by atoms with E-state index in [1.54, 1.807) is 39.7 Å². The van der Waals surface area contributed by atoms with E-state index in [9.17, 15) is 4.79 Å². The fourth-order valence-corrected chi connectivity index (χ4v) is 3.61. The van der Waals surface area contributed by atoms with Crippen molar-refractivity contribution in [2.75, 3.05) is 26.6 Å². The van der Waals surface area contributed by atoms with Gasteiger partial charge < -0.3 is 24.3 Å². The Balaban J connectivity index is 0.00000149. The molecular formula is C25H29N3O5. The number of rotatable bonds is 7. The van der Waals surface area contributed by atoms with E-state index in [1.807, 2.05) is 32.0 Å². The largest absolute Gasteiger partial charge is 0.493 e. The van der Waals surface area contributed by atoms with Crippen LogP contribution >= 0.6 is 0 Å². The smallest absolute Gasteiger partial charge is 0.239 e. The molecule has 0 saturated carbocycles. The van der Waals surface area contributed by atoms with Gasteiger partial charge in [-0.3, -0.25) is 9.78 Å². The first kappa shape index (κ1) is 23.8. The van der Waals surface area contributed by atoms with E-state index in [2.05, 4.69) is 15.3 Å². The molecule has 1 aliphatic rings. The van der Waals surface area contributed by atoms with Crippen LogP contribution in [0.3, 0.4) is 0 Å². The van der Waals surface area contributed by atoms with E-state index in [1.165, 1.54) is 6.20 Å². The molecule has 174 valence electrons. The quantitative estimate of drug-likeness (QED) is 0.497. The number of hydrogen-bond acceptors (Lipinski definition) is 8. The molecule has 2 aromatic carbocycles. The Morgan fingerprint density at radius 1 is 0.909 bits per heavy atom. The summed E-state index contributed by atoms with van der Waals surface area (Å²) < 4.78 is 22.1. The molecule has 8 heteroatoms. The number of aromatic nitrogens is 2. The Morgan fingerprint density at radius 3 is 2.30 bits per heavy atom. The first-order valence-electron chi connectivity index (χ1n) is 10.8. The van der Waals surface area contributed by atoms with Gasteiger partial charge in [-0.25, -0.2) is 0 Å². The molecule has 0 atom stereocenters.